The SMILES string of the molecule is Cc1cnc(C)c(N2CCC(CC(=O)N3CC4CCCC4C3)CC2)n1. The summed E-state index contributed by atoms with van der Waals surface area (Å²) in [7, 11) is 0. The fraction of sp³-hybridized carbons (Fsp3) is 0.750. The van der Waals surface area contributed by atoms with E-state index in [1.807, 2.05) is 20.0 Å². The summed E-state index contributed by atoms with van der Waals surface area (Å²) in [5.74, 6) is 3.56. The highest BCUT2D eigenvalue weighted by atomic mass is 16.2. The Balaban J connectivity index is 1.29. The lowest BCUT2D eigenvalue weighted by Crippen LogP contribution is -2.37. The summed E-state index contributed by atoms with van der Waals surface area (Å²) in [4.78, 5) is 26.3. The van der Waals surface area contributed by atoms with Gasteiger partial charge in [-0.05, 0) is 57.3 Å². The second-order valence-corrected chi connectivity index (χ2v) is 8.30. The van der Waals surface area contributed by atoms with Crippen LogP contribution in [-0.4, -0.2) is 47.0 Å². The molecule has 1 aliphatic carbocycles. The standard InChI is InChI=1S/C20H30N4O/c1-14-11-21-15(2)20(22-14)23-8-6-16(7-9-23)10-19(25)24-12-17-4-3-5-18(17)13-24/h11,16-18H,3-10,12-13H2,1-2H3. The maximum absolute atomic E-state index is 12.7. The molecular weight excluding hydrogens is 312 g/mol. The first-order valence-electron chi connectivity index (χ1n) is 9.93. The maximum atomic E-state index is 12.7. The van der Waals surface area contributed by atoms with Gasteiger partial charge in [0.15, 0.2) is 0 Å². The van der Waals surface area contributed by atoms with Crippen molar-refractivity contribution in [3.05, 3.63) is 17.6 Å². The molecule has 3 heterocycles. The molecule has 1 amide bonds. The van der Waals surface area contributed by atoms with Gasteiger partial charge in [0, 0.05) is 38.8 Å². The molecule has 3 aliphatic rings. The molecule has 2 saturated heterocycles. The van der Waals surface area contributed by atoms with Gasteiger partial charge < -0.3 is 9.80 Å². The normalized spacial score (nSPS) is 27.0. The number of aryl methyl sites for hydroxylation is 2. The number of fused-ring (bicyclic) bond motifs is 1. The van der Waals surface area contributed by atoms with Gasteiger partial charge in [-0.2, -0.15) is 0 Å². The number of aromatic nitrogens is 2. The lowest BCUT2D eigenvalue weighted by Gasteiger charge is -2.33. The number of anilines is 1. The van der Waals surface area contributed by atoms with E-state index in [1.54, 1.807) is 0 Å². The first-order chi connectivity index (χ1) is 12.1. The number of rotatable bonds is 3. The van der Waals surface area contributed by atoms with Crippen molar-refractivity contribution in [3.8, 4) is 0 Å². The molecule has 25 heavy (non-hydrogen) atoms. The average molecular weight is 342 g/mol. The van der Waals surface area contributed by atoms with Gasteiger partial charge >= 0.3 is 0 Å². The van der Waals surface area contributed by atoms with Crippen molar-refractivity contribution in [1.29, 1.82) is 0 Å². The van der Waals surface area contributed by atoms with E-state index in [0.29, 0.717) is 11.8 Å². The number of nitrogens with zero attached hydrogens (tertiary/aromatic N) is 4. The molecule has 1 saturated carbocycles. The number of carbonyl (C=O) groups is 1. The Kier molecular flexibility index (Phi) is 4.65. The molecule has 0 N–H and O–H groups in total. The van der Waals surface area contributed by atoms with Gasteiger partial charge in [-0.1, -0.05) is 6.42 Å². The zero-order valence-corrected chi connectivity index (χ0v) is 15.6. The fourth-order valence-corrected chi connectivity index (χ4v) is 4.99. The van der Waals surface area contributed by atoms with Gasteiger partial charge in [0.2, 0.25) is 5.91 Å². The van der Waals surface area contributed by atoms with Crippen LogP contribution < -0.4 is 4.90 Å². The van der Waals surface area contributed by atoms with Gasteiger partial charge in [0.25, 0.3) is 0 Å². The molecule has 2 unspecified atom stereocenters. The third kappa shape index (κ3) is 3.51. The predicted octanol–water partition coefficient (Wildman–Crippen LogP) is 2.96. The van der Waals surface area contributed by atoms with Crippen LogP contribution >= 0.6 is 0 Å². The summed E-state index contributed by atoms with van der Waals surface area (Å²) in [6.07, 6.45) is 8.79. The van der Waals surface area contributed by atoms with Crippen LogP contribution in [0.1, 0.15) is 49.9 Å². The monoisotopic (exact) mass is 342 g/mol. The van der Waals surface area contributed by atoms with Crippen molar-refractivity contribution in [3.63, 3.8) is 0 Å². The minimum absolute atomic E-state index is 0.402. The third-order valence-electron chi connectivity index (χ3n) is 6.51. The molecule has 1 aromatic heterocycles. The van der Waals surface area contributed by atoms with Gasteiger partial charge in [0.05, 0.1) is 11.4 Å². The average Bonchev–Trinajstić information content (AvgIpc) is 3.20. The highest BCUT2D eigenvalue weighted by Crippen LogP contribution is 2.38. The maximum Gasteiger partial charge on any atom is 0.222 e. The van der Waals surface area contributed by atoms with Crippen LogP contribution in [0, 0.1) is 31.6 Å². The van der Waals surface area contributed by atoms with Crippen LogP contribution in [0.25, 0.3) is 0 Å². The Labute approximate surface area is 150 Å². The number of hydrogen-bond acceptors (Lipinski definition) is 4. The Hall–Kier alpha value is -1.65. The lowest BCUT2D eigenvalue weighted by atomic mass is 9.93. The van der Waals surface area contributed by atoms with E-state index in [4.69, 9.17) is 0 Å². The summed E-state index contributed by atoms with van der Waals surface area (Å²) in [6.45, 7) is 8.06. The quantitative estimate of drug-likeness (QED) is 0.847. The zero-order valence-electron chi connectivity index (χ0n) is 15.6. The zero-order chi connectivity index (χ0) is 17.4. The van der Waals surface area contributed by atoms with Gasteiger partial charge in [-0.15, -0.1) is 0 Å². The third-order valence-corrected chi connectivity index (χ3v) is 6.51. The molecule has 0 bridgehead atoms. The molecule has 0 spiro atoms. The summed E-state index contributed by atoms with van der Waals surface area (Å²) < 4.78 is 0. The van der Waals surface area contributed by atoms with Gasteiger partial charge in [0.1, 0.15) is 5.82 Å². The minimum atomic E-state index is 0.402. The highest BCUT2D eigenvalue weighted by molar-refractivity contribution is 5.76. The first kappa shape index (κ1) is 16.8. The molecule has 5 nitrogen and oxygen atoms in total. The fourth-order valence-electron chi connectivity index (χ4n) is 4.99. The topological polar surface area (TPSA) is 49.3 Å². The van der Waals surface area contributed by atoms with Crippen molar-refractivity contribution in [2.24, 2.45) is 17.8 Å². The summed E-state index contributed by atoms with van der Waals surface area (Å²) >= 11 is 0. The number of hydrogen-bond donors (Lipinski definition) is 0. The Morgan fingerprint density at radius 2 is 1.80 bits per heavy atom. The van der Waals surface area contributed by atoms with Crippen molar-refractivity contribution in [1.82, 2.24) is 14.9 Å². The van der Waals surface area contributed by atoms with Gasteiger partial charge in [-0.25, -0.2) is 4.98 Å². The molecule has 5 heteroatoms. The summed E-state index contributed by atoms with van der Waals surface area (Å²) in [5.41, 5.74) is 1.97. The Bertz CT molecular complexity index is 627. The second kappa shape index (κ2) is 6.93. The van der Waals surface area contributed by atoms with E-state index >= 15 is 0 Å². The number of likely N-dealkylation sites (tertiary alicyclic amines) is 1. The van der Waals surface area contributed by atoms with E-state index in [9.17, 15) is 4.79 Å². The van der Waals surface area contributed by atoms with E-state index in [0.717, 1.165) is 74.5 Å². The first-order valence-corrected chi connectivity index (χ1v) is 9.93. The largest absolute Gasteiger partial charge is 0.355 e. The van der Waals surface area contributed by atoms with Crippen LogP contribution in [0.3, 0.4) is 0 Å². The number of amides is 1. The molecule has 136 valence electrons. The smallest absolute Gasteiger partial charge is 0.222 e. The molecule has 1 aromatic rings. The lowest BCUT2D eigenvalue weighted by molar-refractivity contribution is -0.131. The van der Waals surface area contributed by atoms with Crippen LogP contribution in [0.15, 0.2) is 6.20 Å². The van der Waals surface area contributed by atoms with E-state index in [-0.39, 0.29) is 0 Å². The molecule has 2 atom stereocenters. The van der Waals surface area contributed by atoms with Crippen LogP contribution in [0.2, 0.25) is 0 Å². The van der Waals surface area contributed by atoms with Crippen molar-refractivity contribution in [2.75, 3.05) is 31.1 Å². The Morgan fingerprint density at radius 3 is 2.48 bits per heavy atom. The summed E-state index contributed by atoms with van der Waals surface area (Å²) in [5, 5.41) is 0. The minimum Gasteiger partial charge on any atom is -0.355 e. The summed E-state index contributed by atoms with van der Waals surface area (Å²) in [6, 6.07) is 0. The van der Waals surface area contributed by atoms with E-state index in [2.05, 4.69) is 19.8 Å². The van der Waals surface area contributed by atoms with Crippen LogP contribution in [0.4, 0.5) is 5.82 Å². The predicted molar refractivity (Wildman–Crippen MR) is 98.5 cm³/mol. The van der Waals surface area contributed by atoms with Crippen LogP contribution in [0.5, 0.6) is 0 Å². The highest BCUT2D eigenvalue weighted by Gasteiger charge is 2.38. The molecule has 4 rings (SSSR count). The van der Waals surface area contributed by atoms with Crippen LogP contribution in [-0.2, 0) is 4.79 Å². The second-order valence-electron chi connectivity index (χ2n) is 8.30. The molecule has 0 radical (unpaired) electrons. The number of carbonyl (C=O) groups excluding carboxylic acids is 1. The van der Waals surface area contributed by atoms with Gasteiger partial charge in [-0.3, -0.25) is 9.78 Å². The van der Waals surface area contributed by atoms with Crippen molar-refractivity contribution in [2.45, 2.75) is 52.4 Å². The molecule has 2 aliphatic heterocycles. The molecule has 3 fully saturated rings. The molecule has 0 aromatic carbocycles. The Morgan fingerprint density at radius 1 is 1.12 bits per heavy atom. The molecular formula is C20H30N4O. The van der Waals surface area contributed by atoms with E-state index in [1.165, 1.54) is 19.3 Å². The van der Waals surface area contributed by atoms with E-state index < -0.39 is 0 Å². The van der Waals surface area contributed by atoms with Crippen molar-refractivity contribution >= 4 is 11.7 Å². The number of piperidine rings is 1. The van der Waals surface area contributed by atoms with Crippen molar-refractivity contribution < 1.29 is 4.79 Å².